The highest BCUT2D eigenvalue weighted by atomic mass is 15.1. The Morgan fingerprint density at radius 3 is 1.89 bits per heavy atom. The molecule has 0 aromatic heterocycles. The number of rotatable bonds is 10. The number of nitrogens with zero attached hydrogens (tertiary/aromatic N) is 2. The molecule has 0 radical (unpaired) electrons. The van der Waals surface area contributed by atoms with E-state index in [0.717, 1.165) is 6.54 Å². The highest BCUT2D eigenvalue weighted by Gasteiger charge is 2.29. The maximum atomic E-state index is 6.45. The molecule has 1 saturated carbocycles. The summed E-state index contributed by atoms with van der Waals surface area (Å²) in [5.41, 5.74) is 6.61. The van der Waals surface area contributed by atoms with Crippen LogP contribution in [0.2, 0.25) is 0 Å². The molecule has 0 saturated heterocycles. The maximum Gasteiger partial charge on any atom is 0.0166 e. The van der Waals surface area contributed by atoms with Crippen molar-refractivity contribution in [1.29, 1.82) is 0 Å². The summed E-state index contributed by atoms with van der Waals surface area (Å²) in [5, 5.41) is 0. The van der Waals surface area contributed by atoms with Gasteiger partial charge >= 0.3 is 0 Å². The summed E-state index contributed by atoms with van der Waals surface area (Å²) in [6.45, 7) is 13.9. The first-order chi connectivity index (χ1) is 9.13. The largest absolute Gasteiger partial charge is 0.325 e. The Hall–Kier alpha value is -0.120. The van der Waals surface area contributed by atoms with Crippen LogP contribution in [0, 0.1) is 0 Å². The molecular weight excluding hydrogens is 234 g/mol. The predicted octanol–water partition coefficient (Wildman–Crippen LogP) is 2.70. The van der Waals surface area contributed by atoms with Crippen LogP contribution in [0.4, 0.5) is 0 Å². The lowest BCUT2D eigenvalue weighted by Crippen LogP contribution is -2.41. The third-order valence-electron chi connectivity index (χ3n) is 4.82. The Bertz CT molecular complexity index is 220. The highest BCUT2D eigenvalue weighted by Crippen LogP contribution is 2.30. The van der Waals surface area contributed by atoms with E-state index in [1.807, 2.05) is 0 Å². The Balaban J connectivity index is 2.18. The van der Waals surface area contributed by atoms with E-state index in [9.17, 15) is 0 Å². The Labute approximate surface area is 120 Å². The second kappa shape index (κ2) is 8.93. The zero-order chi connectivity index (χ0) is 14.1. The monoisotopic (exact) mass is 269 g/mol. The van der Waals surface area contributed by atoms with Crippen molar-refractivity contribution >= 4 is 0 Å². The van der Waals surface area contributed by atoms with E-state index in [1.165, 1.54) is 71.2 Å². The standard InChI is InChI=1S/C16H35N3/c1-4-18(5-2)13-9-14-19(6-3)15-12-16(17)10-7-8-11-16/h4-15,17H2,1-3H3. The van der Waals surface area contributed by atoms with Crippen molar-refractivity contribution in [3.63, 3.8) is 0 Å². The molecule has 1 aliphatic carbocycles. The third-order valence-corrected chi connectivity index (χ3v) is 4.82. The summed E-state index contributed by atoms with van der Waals surface area (Å²) in [6.07, 6.45) is 7.63. The molecule has 19 heavy (non-hydrogen) atoms. The van der Waals surface area contributed by atoms with Crippen molar-refractivity contribution < 1.29 is 0 Å². The predicted molar refractivity (Wildman–Crippen MR) is 84.5 cm³/mol. The van der Waals surface area contributed by atoms with Gasteiger partial charge in [0.25, 0.3) is 0 Å². The van der Waals surface area contributed by atoms with Crippen LogP contribution in [0.15, 0.2) is 0 Å². The van der Waals surface area contributed by atoms with Gasteiger partial charge in [0.2, 0.25) is 0 Å². The number of hydrogen-bond acceptors (Lipinski definition) is 3. The van der Waals surface area contributed by atoms with Gasteiger partial charge in [0.15, 0.2) is 0 Å². The van der Waals surface area contributed by atoms with Gasteiger partial charge < -0.3 is 15.5 Å². The van der Waals surface area contributed by atoms with Crippen LogP contribution in [0.1, 0.15) is 59.3 Å². The van der Waals surface area contributed by atoms with Crippen molar-refractivity contribution in [2.45, 2.75) is 64.8 Å². The highest BCUT2D eigenvalue weighted by molar-refractivity contribution is 4.89. The topological polar surface area (TPSA) is 32.5 Å². The van der Waals surface area contributed by atoms with E-state index in [2.05, 4.69) is 30.6 Å². The van der Waals surface area contributed by atoms with Crippen LogP contribution in [0.3, 0.4) is 0 Å². The fourth-order valence-corrected chi connectivity index (χ4v) is 3.20. The molecule has 0 bridgehead atoms. The van der Waals surface area contributed by atoms with Crippen LogP contribution >= 0.6 is 0 Å². The zero-order valence-corrected chi connectivity index (χ0v) is 13.5. The van der Waals surface area contributed by atoms with Gasteiger partial charge in [-0.15, -0.1) is 0 Å². The zero-order valence-electron chi connectivity index (χ0n) is 13.5. The SMILES string of the molecule is CCN(CC)CCCN(CC)CCC1(N)CCCC1. The summed E-state index contributed by atoms with van der Waals surface area (Å²) in [4.78, 5) is 5.09. The summed E-state index contributed by atoms with van der Waals surface area (Å²) < 4.78 is 0. The second-order valence-corrected chi connectivity index (χ2v) is 6.13. The molecule has 0 aromatic rings. The van der Waals surface area contributed by atoms with E-state index < -0.39 is 0 Å². The van der Waals surface area contributed by atoms with Gasteiger partial charge in [-0.1, -0.05) is 33.6 Å². The first-order valence-corrected chi connectivity index (χ1v) is 8.37. The summed E-state index contributed by atoms with van der Waals surface area (Å²) in [7, 11) is 0. The van der Waals surface area contributed by atoms with E-state index in [-0.39, 0.29) is 5.54 Å². The summed E-state index contributed by atoms with van der Waals surface area (Å²) >= 11 is 0. The van der Waals surface area contributed by atoms with Gasteiger partial charge in [0.1, 0.15) is 0 Å². The Morgan fingerprint density at radius 1 is 0.842 bits per heavy atom. The fraction of sp³-hybridized carbons (Fsp3) is 1.00. The molecule has 1 aliphatic rings. The average molecular weight is 269 g/mol. The minimum Gasteiger partial charge on any atom is -0.325 e. The molecule has 1 fully saturated rings. The van der Waals surface area contributed by atoms with Crippen LogP contribution in [-0.4, -0.2) is 54.6 Å². The van der Waals surface area contributed by atoms with Crippen molar-refractivity contribution in [3.8, 4) is 0 Å². The first-order valence-electron chi connectivity index (χ1n) is 8.37. The first kappa shape index (κ1) is 16.9. The van der Waals surface area contributed by atoms with Crippen LogP contribution in [0.5, 0.6) is 0 Å². The van der Waals surface area contributed by atoms with Crippen molar-refractivity contribution in [1.82, 2.24) is 9.80 Å². The summed E-state index contributed by atoms with van der Waals surface area (Å²) in [6, 6.07) is 0. The molecule has 3 heteroatoms. The average Bonchev–Trinajstić information content (AvgIpc) is 2.85. The molecule has 0 aliphatic heterocycles. The van der Waals surface area contributed by atoms with Crippen LogP contribution in [0.25, 0.3) is 0 Å². The molecule has 1 rings (SSSR count). The number of nitrogens with two attached hydrogens (primary N) is 1. The third kappa shape index (κ3) is 6.24. The second-order valence-electron chi connectivity index (χ2n) is 6.13. The lowest BCUT2D eigenvalue weighted by Gasteiger charge is -2.29. The van der Waals surface area contributed by atoms with Gasteiger partial charge in [-0.25, -0.2) is 0 Å². The molecule has 0 unspecified atom stereocenters. The van der Waals surface area contributed by atoms with Gasteiger partial charge in [0.05, 0.1) is 0 Å². The van der Waals surface area contributed by atoms with Crippen molar-refractivity contribution in [3.05, 3.63) is 0 Å². The minimum atomic E-state index is 0.159. The minimum absolute atomic E-state index is 0.159. The van der Waals surface area contributed by atoms with Gasteiger partial charge in [-0.2, -0.15) is 0 Å². The molecule has 0 heterocycles. The molecule has 3 nitrogen and oxygen atoms in total. The van der Waals surface area contributed by atoms with E-state index in [0.29, 0.717) is 0 Å². The molecule has 2 N–H and O–H groups in total. The molecule has 0 spiro atoms. The fourth-order valence-electron chi connectivity index (χ4n) is 3.20. The van der Waals surface area contributed by atoms with Crippen LogP contribution in [-0.2, 0) is 0 Å². The lowest BCUT2D eigenvalue weighted by atomic mass is 9.94. The quantitative estimate of drug-likeness (QED) is 0.662. The van der Waals surface area contributed by atoms with Gasteiger partial charge in [-0.3, -0.25) is 0 Å². The maximum absolute atomic E-state index is 6.45. The number of hydrogen-bond donors (Lipinski definition) is 1. The normalized spacial score (nSPS) is 18.6. The van der Waals surface area contributed by atoms with Gasteiger partial charge in [-0.05, 0) is 65.0 Å². The molecule has 114 valence electrons. The smallest absolute Gasteiger partial charge is 0.0166 e. The molecule has 0 atom stereocenters. The van der Waals surface area contributed by atoms with E-state index in [4.69, 9.17) is 5.73 Å². The molecular formula is C16H35N3. The molecule has 0 amide bonds. The molecule has 0 aromatic carbocycles. The Morgan fingerprint density at radius 2 is 1.37 bits per heavy atom. The van der Waals surface area contributed by atoms with Crippen LogP contribution < -0.4 is 5.73 Å². The summed E-state index contributed by atoms with van der Waals surface area (Å²) in [5.74, 6) is 0. The van der Waals surface area contributed by atoms with Crippen molar-refractivity contribution in [2.75, 3.05) is 39.3 Å². The lowest BCUT2D eigenvalue weighted by molar-refractivity contribution is 0.224. The van der Waals surface area contributed by atoms with E-state index in [1.54, 1.807) is 0 Å². The van der Waals surface area contributed by atoms with Gasteiger partial charge in [0, 0.05) is 5.54 Å². The van der Waals surface area contributed by atoms with E-state index >= 15 is 0 Å². The van der Waals surface area contributed by atoms with Crippen molar-refractivity contribution in [2.24, 2.45) is 5.73 Å². The Kier molecular flexibility index (Phi) is 7.96.